The molecule has 2 atom stereocenters. The van der Waals surface area contributed by atoms with Crippen molar-refractivity contribution in [1.29, 1.82) is 0 Å². The van der Waals surface area contributed by atoms with Crippen LogP contribution in [0.3, 0.4) is 0 Å². The monoisotopic (exact) mass is 169 g/mol. The molecule has 12 heavy (non-hydrogen) atoms. The van der Waals surface area contributed by atoms with Crippen LogP contribution in [-0.4, -0.2) is 35.7 Å². The molecule has 1 aliphatic heterocycles. The van der Waals surface area contributed by atoms with Gasteiger partial charge in [0.2, 0.25) is 0 Å². The lowest BCUT2D eigenvalue weighted by Crippen LogP contribution is -2.42. The van der Waals surface area contributed by atoms with Crippen LogP contribution in [0.15, 0.2) is 11.6 Å². The molecule has 0 spiro atoms. The summed E-state index contributed by atoms with van der Waals surface area (Å²) in [5, 5.41) is 9.48. The molecule has 2 heteroatoms. The van der Waals surface area contributed by atoms with E-state index in [9.17, 15) is 5.11 Å². The van der Waals surface area contributed by atoms with Crippen molar-refractivity contribution in [3.63, 3.8) is 0 Å². The van der Waals surface area contributed by atoms with Gasteiger partial charge in [-0.15, -0.1) is 0 Å². The average Bonchev–Trinajstić information content (AvgIpc) is 2.03. The molecule has 0 unspecified atom stereocenters. The summed E-state index contributed by atoms with van der Waals surface area (Å²) in [7, 11) is 2.08. The minimum Gasteiger partial charge on any atom is -0.388 e. The molecule has 0 aromatic carbocycles. The van der Waals surface area contributed by atoms with Crippen molar-refractivity contribution in [3.05, 3.63) is 11.6 Å². The predicted octanol–water partition coefficient (Wildman–Crippen LogP) is 1.41. The lowest BCUT2D eigenvalue weighted by molar-refractivity contribution is 0.126. The van der Waals surface area contributed by atoms with E-state index in [-0.39, 0.29) is 6.10 Å². The summed E-state index contributed by atoms with van der Waals surface area (Å²) in [6, 6.07) is 0.554. The molecule has 0 saturated carbocycles. The van der Waals surface area contributed by atoms with Gasteiger partial charge in [0.1, 0.15) is 0 Å². The minimum absolute atomic E-state index is 0.257. The highest BCUT2D eigenvalue weighted by molar-refractivity contribution is 5.16. The van der Waals surface area contributed by atoms with E-state index < -0.39 is 0 Å². The van der Waals surface area contributed by atoms with Crippen LogP contribution in [0, 0.1) is 0 Å². The third-order valence-electron chi connectivity index (χ3n) is 2.64. The van der Waals surface area contributed by atoms with E-state index in [0.29, 0.717) is 6.04 Å². The van der Waals surface area contributed by atoms with Crippen molar-refractivity contribution in [3.8, 4) is 0 Å². The number of aliphatic hydroxyl groups is 1. The molecule has 0 saturated heterocycles. The highest BCUT2D eigenvalue weighted by atomic mass is 16.3. The van der Waals surface area contributed by atoms with Gasteiger partial charge in [-0.1, -0.05) is 25.5 Å². The molecule has 1 rings (SSSR count). The number of β-amino-alcohol motifs (C(OH)–C–C–N with tert-alkyl or cyclic N) is 1. The maximum atomic E-state index is 9.48. The van der Waals surface area contributed by atoms with Gasteiger partial charge < -0.3 is 5.11 Å². The Morgan fingerprint density at radius 2 is 2.25 bits per heavy atom. The number of nitrogens with zero attached hydrogens (tertiary/aromatic N) is 1. The minimum atomic E-state index is -0.257. The Balaban J connectivity index is 2.76. The lowest BCUT2D eigenvalue weighted by atomic mass is 9.95. The van der Waals surface area contributed by atoms with Gasteiger partial charge in [0.25, 0.3) is 0 Å². The number of hydrogen-bond acceptors (Lipinski definition) is 2. The molecular formula is C10H19NO. The van der Waals surface area contributed by atoms with Crippen LogP contribution in [-0.2, 0) is 0 Å². The molecule has 0 aromatic rings. The number of aliphatic hydroxyl groups excluding tert-OH is 1. The molecule has 0 fully saturated rings. The van der Waals surface area contributed by atoms with E-state index in [1.54, 1.807) is 0 Å². The van der Waals surface area contributed by atoms with Crippen molar-refractivity contribution < 1.29 is 5.11 Å². The molecule has 2 nitrogen and oxygen atoms in total. The fraction of sp³-hybridized carbons (Fsp3) is 0.800. The van der Waals surface area contributed by atoms with Gasteiger partial charge in [-0.05, 0) is 19.9 Å². The Morgan fingerprint density at radius 3 is 2.75 bits per heavy atom. The van der Waals surface area contributed by atoms with Gasteiger partial charge in [0.05, 0.1) is 6.10 Å². The maximum absolute atomic E-state index is 9.48. The van der Waals surface area contributed by atoms with Gasteiger partial charge in [-0.3, -0.25) is 4.90 Å². The van der Waals surface area contributed by atoms with Crippen LogP contribution in [0.5, 0.6) is 0 Å². The van der Waals surface area contributed by atoms with Gasteiger partial charge in [-0.2, -0.15) is 0 Å². The van der Waals surface area contributed by atoms with E-state index in [2.05, 4.69) is 25.8 Å². The first-order valence-corrected chi connectivity index (χ1v) is 4.77. The molecule has 0 amide bonds. The summed E-state index contributed by atoms with van der Waals surface area (Å²) in [4.78, 5) is 2.24. The fourth-order valence-electron chi connectivity index (χ4n) is 2.04. The zero-order valence-corrected chi connectivity index (χ0v) is 8.25. The van der Waals surface area contributed by atoms with E-state index in [1.807, 2.05) is 6.08 Å². The van der Waals surface area contributed by atoms with E-state index in [1.165, 1.54) is 5.57 Å². The van der Waals surface area contributed by atoms with Crippen molar-refractivity contribution in [1.82, 2.24) is 4.90 Å². The highest BCUT2D eigenvalue weighted by Crippen LogP contribution is 2.21. The first kappa shape index (κ1) is 9.75. The Labute approximate surface area is 74.9 Å². The van der Waals surface area contributed by atoms with E-state index >= 15 is 0 Å². The van der Waals surface area contributed by atoms with Crippen molar-refractivity contribution >= 4 is 0 Å². The summed E-state index contributed by atoms with van der Waals surface area (Å²) < 4.78 is 0. The van der Waals surface area contributed by atoms with Crippen LogP contribution in [0.2, 0.25) is 0 Å². The second kappa shape index (κ2) is 4.06. The lowest BCUT2D eigenvalue weighted by Gasteiger charge is -2.34. The number of hydrogen-bond donors (Lipinski definition) is 1. The average molecular weight is 169 g/mol. The second-order valence-corrected chi connectivity index (χ2v) is 3.53. The molecule has 0 bridgehead atoms. The van der Waals surface area contributed by atoms with Gasteiger partial charge in [0, 0.05) is 12.6 Å². The normalized spacial score (nSPS) is 31.8. The summed E-state index contributed by atoms with van der Waals surface area (Å²) in [5.41, 5.74) is 1.39. The molecular weight excluding hydrogens is 150 g/mol. The number of likely N-dealkylation sites (N-methyl/N-ethyl adjacent to an activating group) is 1. The standard InChI is InChI=1S/C10H19NO/c1-4-8-6-9(12)7-11(3)10(8)5-2/h6,9-10,12H,4-5,7H2,1-3H3/t9-,10+/m0/s1. The van der Waals surface area contributed by atoms with Crippen molar-refractivity contribution in [2.24, 2.45) is 0 Å². The van der Waals surface area contributed by atoms with Crippen molar-refractivity contribution in [2.45, 2.75) is 38.8 Å². The van der Waals surface area contributed by atoms with Crippen LogP contribution in [0.4, 0.5) is 0 Å². The van der Waals surface area contributed by atoms with Gasteiger partial charge in [-0.25, -0.2) is 0 Å². The summed E-state index contributed by atoms with van der Waals surface area (Å²) in [6.45, 7) is 5.13. The quantitative estimate of drug-likeness (QED) is 0.632. The largest absolute Gasteiger partial charge is 0.388 e. The Bertz CT molecular complexity index is 177. The smallest absolute Gasteiger partial charge is 0.0851 e. The Morgan fingerprint density at radius 1 is 1.58 bits per heavy atom. The van der Waals surface area contributed by atoms with Crippen LogP contribution >= 0.6 is 0 Å². The Kier molecular flexibility index (Phi) is 3.29. The first-order valence-electron chi connectivity index (χ1n) is 4.77. The van der Waals surface area contributed by atoms with E-state index in [0.717, 1.165) is 19.4 Å². The number of rotatable bonds is 2. The van der Waals surface area contributed by atoms with Gasteiger partial charge >= 0.3 is 0 Å². The zero-order valence-electron chi connectivity index (χ0n) is 8.25. The second-order valence-electron chi connectivity index (χ2n) is 3.53. The summed E-state index contributed by atoms with van der Waals surface area (Å²) in [5.74, 6) is 0. The topological polar surface area (TPSA) is 23.5 Å². The zero-order chi connectivity index (χ0) is 9.14. The molecule has 1 heterocycles. The highest BCUT2D eigenvalue weighted by Gasteiger charge is 2.23. The molecule has 70 valence electrons. The third kappa shape index (κ3) is 1.87. The Hall–Kier alpha value is -0.340. The first-order chi connectivity index (χ1) is 5.69. The predicted molar refractivity (Wildman–Crippen MR) is 51.1 cm³/mol. The fourth-order valence-corrected chi connectivity index (χ4v) is 2.04. The molecule has 0 aliphatic carbocycles. The molecule has 0 aromatic heterocycles. The SMILES string of the molecule is CCC1=C[C@H](O)CN(C)[C@@H]1CC. The van der Waals surface area contributed by atoms with Crippen LogP contribution < -0.4 is 0 Å². The van der Waals surface area contributed by atoms with Crippen LogP contribution in [0.1, 0.15) is 26.7 Å². The van der Waals surface area contributed by atoms with Crippen molar-refractivity contribution in [2.75, 3.05) is 13.6 Å². The molecule has 1 N–H and O–H groups in total. The van der Waals surface area contributed by atoms with Gasteiger partial charge in [0.15, 0.2) is 0 Å². The molecule has 0 radical (unpaired) electrons. The molecule has 1 aliphatic rings. The van der Waals surface area contributed by atoms with E-state index in [4.69, 9.17) is 0 Å². The summed E-state index contributed by atoms with van der Waals surface area (Å²) >= 11 is 0. The maximum Gasteiger partial charge on any atom is 0.0851 e. The van der Waals surface area contributed by atoms with Crippen LogP contribution in [0.25, 0.3) is 0 Å². The third-order valence-corrected chi connectivity index (χ3v) is 2.64. The summed E-state index contributed by atoms with van der Waals surface area (Å²) in [6.07, 6.45) is 3.96.